The van der Waals surface area contributed by atoms with Crippen molar-refractivity contribution in [3.8, 4) is 0 Å². The van der Waals surface area contributed by atoms with Crippen molar-refractivity contribution in [1.29, 1.82) is 0 Å². The van der Waals surface area contributed by atoms with E-state index in [-0.39, 0.29) is 23.8 Å². The SMILES string of the molecule is CN1C(=O)Cc2cc(S(=O)(=O)NC(C)(C)CO)ccc21. The molecule has 0 spiro atoms. The van der Waals surface area contributed by atoms with Crippen molar-refractivity contribution in [3.05, 3.63) is 23.8 Å². The highest BCUT2D eigenvalue weighted by molar-refractivity contribution is 7.89. The summed E-state index contributed by atoms with van der Waals surface area (Å²) in [5, 5.41) is 9.15. The Morgan fingerprint density at radius 1 is 1.40 bits per heavy atom. The molecule has 0 saturated heterocycles. The molecule has 0 fully saturated rings. The molecule has 2 N–H and O–H groups in total. The minimum Gasteiger partial charge on any atom is -0.394 e. The van der Waals surface area contributed by atoms with Gasteiger partial charge in [-0.2, -0.15) is 0 Å². The van der Waals surface area contributed by atoms with E-state index < -0.39 is 15.6 Å². The van der Waals surface area contributed by atoms with Gasteiger partial charge in [-0.05, 0) is 37.6 Å². The first-order valence-electron chi connectivity index (χ1n) is 6.21. The number of sulfonamides is 1. The van der Waals surface area contributed by atoms with E-state index in [0.29, 0.717) is 5.56 Å². The number of aliphatic hydroxyl groups excluding tert-OH is 1. The van der Waals surface area contributed by atoms with Gasteiger partial charge in [0.25, 0.3) is 0 Å². The Hall–Kier alpha value is -1.44. The maximum atomic E-state index is 12.2. The number of nitrogens with zero attached hydrogens (tertiary/aromatic N) is 1. The third-order valence-corrected chi connectivity index (χ3v) is 4.94. The summed E-state index contributed by atoms with van der Waals surface area (Å²) in [5.74, 6) is -0.0572. The Kier molecular flexibility index (Phi) is 3.62. The number of carbonyl (C=O) groups is 1. The molecule has 2 rings (SSSR count). The fraction of sp³-hybridized carbons (Fsp3) is 0.462. The van der Waals surface area contributed by atoms with E-state index in [0.717, 1.165) is 5.69 Å². The van der Waals surface area contributed by atoms with Crippen molar-refractivity contribution in [2.24, 2.45) is 0 Å². The molecule has 0 atom stereocenters. The minimum atomic E-state index is -3.73. The molecule has 1 aromatic rings. The molecule has 1 amide bonds. The molecule has 0 radical (unpaired) electrons. The summed E-state index contributed by atoms with van der Waals surface area (Å²) in [4.78, 5) is 13.2. The second-order valence-electron chi connectivity index (χ2n) is 5.57. The molecule has 20 heavy (non-hydrogen) atoms. The van der Waals surface area contributed by atoms with Gasteiger partial charge in [0.2, 0.25) is 15.9 Å². The first kappa shape index (κ1) is 15.0. The topological polar surface area (TPSA) is 86.7 Å². The van der Waals surface area contributed by atoms with E-state index in [9.17, 15) is 13.2 Å². The first-order chi connectivity index (χ1) is 9.16. The van der Waals surface area contributed by atoms with Crippen molar-refractivity contribution < 1.29 is 18.3 Å². The van der Waals surface area contributed by atoms with Gasteiger partial charge in [0.15, 0.2) is 0 Å². The zero-order chi connectivity index (χ0) is 15.1. The van der Waals surface area contributed by atoms with Crippen molar-refractivity contribution in [2.75, 3.05) is 18.6 Å². The Labute approximate surface area is 118 Å². The van der Waals surface area contributed by atoms with Crippen LogP contribution in [0.15, 0.2) is 23.1 Å². The third kappa shape index (κ3) is 2.70. The lowest BCUT2D eigenvalue weighted by Gasteiger charge is -2.23. The van der Waals surface area contributed by atoms with Gasteiger partial charge in [-0.15, -0.1) is 0 Å². The lowest BCUT2D eigenvalue weighted by Crippen LogP contribution is -2.46. The fourth-order valence-electron chi connectivity index (χ4n) is 2.07. The normalized spacial score (nSPS) is 15.6. The first-order valence-corrected chi connectivity index (χ1v) is 7.69. The second-order valence-corrected chi connectivity index (χ2v) is 7.25. The summed E-state index contributed by atoms with van der Waals surface area (Å²) < 4.78 is 26.9. The molecule has 0 aromatic heterocycles. The van der Waals surface area contributed by atoms with Gasteiger partial charge in [-0.3, -0.25) is 4.79 Å². The summed E-state index contributed by atoms with van der Waals surface area (Å²) in [6.07, 6.45) is 0.207. The van der Waals surface area contributed by atoms with Crippen LogP contribution in [0.4, 0.5) is 5.69 Å². The number of likely N-dealkylation sites (N-methyl/N-ethyl adjacent to an activating group) is 1. The van der Waals surface area contributed by atoms with E-state index in [1.165, 1.54) is 17.0 Å². The minimum absolute atomic E-state index is 0.0572. The monoisotopic (exact) mass is 298 g/mol. The smallest absolute Gasteiger partial charge is 0.241 e. The van der Waals surface area contributed by atoms with Crippen LogP contribution >= 0.6 is 0 Å². The van der Waals surface area contributed by atoms with E-state index in [1.807, 2.05) is 0 Å². The van der Waals surface area contributed by atoms with Crippen molar-refractivity contribution in [2.45, 2.75) is 30.7 Å². The highest BCUT2D eigenvalue weighted by Crippen LogP contribution is 2.29. The Bertz CT molecular complexity index is 652. The zero-order valence-corrected chi connectivity index (χ0v) is 12.5. The number of hydrogen-bond acceptors (Lipinski definition) is 4. The maximum absolute atomic E-state index is 12.2. The van der Waals surface area contributed by atoms with E-state index >= 15 is 0 Å². The van der Waals surface area contributed by atoms with Crippen LogP contribution in [0.25, 0.3) is 0 Å². The summed E-state index contributed by atoms with van der Waals surface area (Å²) in [6.45, 7) is 2.88. The van der Waals surface area contributed by atoms with E-state index in [4.69, 9.17) is 5.11 Å². The highest BCUT2D eigenvalue weighted by atomic mass is 32.2. The Balaban J connectivity index is 2.36. The number of amides is 1. The second kappa shape index (κ2) is 4.83. The Morgan fingerprint density at radius 3 is 2.65 bits per heavy atom. The van der Waals surface area contributed by atoms with Gasteiger partial charge in [0, 0.05) is 12.7 Å². The predicted octanol–water partition coefficient (Wildman–Crippen LogP) is 0.255. The van der Waals surface area contributed by atoms with Crippen LogP contribution in [-0.2, 0) is 21.2 Å². The molecule has 0 unspecified atom stereocenters. The van der Waals surface area contributed by atoms with Crippen LogP contribution < -0.4 is 9.62 Å². The number of nitrogens with one attached hydrogen (secondary N) is 1. The van der Waals surface area contributed by atoms with Crippen molar-refractivity contribution >= 4 is 21.6 Å². The van der Waals surface area contributed by atoms with Gasteiger partial charge in [-0.25, -0.2) is 13.1 Å². The molecule has 1 aliphatic rings. The van der Waals surface area contributed by atoms with Gasteiger partial charge in [0.05, 0.1) is 23.5 Å². The predicted molar refractivity (Wildman–Crippen MR) is 75.0 cm³/mol. The van der Waals surface area contributed by atoms with Crippen LogP contribution in [0.1, 0.15) is 19.4 Å². The maximum Gasteiger partial charge on any atom is 0.241 e. The number of fused-ring (bicyclic) bond motifs is 1. The van der Waals surface area contributed by atoms with Crippen LogP contribution in [0.3, 0.4) is 0 Å². The molecule has 1 heterocycles. The third-order valence-electron chi connectivity index (χ3n) is 3.24. The van der Waals surface area contributed by atoms with Crippen LogP contribution in [0.2, 0.25) is 0 Å². The van der Waals surface area contributed by atoms with Gasteiger partial charge < -0.3 is 10.0 Å². The average molecular weight is 298 g/mol. The molecule has 7 heteroatoms. The number of aliphatic hydroxyl groups is 1. The molecule has 0 aliphatic carbocycles. The number of carbonyl (C=O) groups excluding carboxylic acids is 1. The van der Waals surface area contributed by atoms with Gasteiger partial charge in [0.1, 0.15) is 0 Å². The lowest BCUT2D eigenvalue weighted by atomic mass is 10.1. The van der Waals surface area contributed by atoms with Crippen LogP contribution in [0.5, 0.6) is 0 Å². The quantitative estimate of drug-likeness (QED) is 0.834. The van der Waals surface area contributed by atoms with E-state index in [2.05, 4.69) is 4.72 Å². The molecular formula is C13H18N2O4S. The van der Waals surface area contributed by atoms with Crippen LogP contribution in [0, 0.1) is 0 Å². The molecule has 0 saturated carbocycles. The Morgan fingerprint density at radius 2 is 2.05 bits per heavy atom. The molecular weight excluding hydrogens is 280 g/mol. The molecule has 0 bridgehead atoms. The lowest BCUT2D eigenvalue weighted by molar-refractivity contribution is -0.117. The van der Waals surface area contributed by atoms with Crippen LogP contribution in [-0.4, -0.2) is 38.6 Å². The number of anilines is 1. The van der Waals surface area contributed by atoms with Crippen molar-refractivity contribution in [1.82, 2.24) is 4.72 Å². The average Bonchev–Trinajstić information content (AvgIpc) is 2.63. The standard InChI is InChI=1S/C13H18N2O4S/c1-13(2,8-16)14-20(18,19)10-4-5-11-9(6-10)7-12(17)15(11)3/h4-6,14,16H,7-8H2,1-3H3. The van der Waals surface area contributed by atoms with E-state index in [1.54, 1.807) is 27.0 Å². The van der Waals surface area contributed by atoms with Gasteiger partial charge in [-0.1, -0.05) is 0 Å². The summed E-state index contributed by atoms with van der Waals surface area (Å²) in [6, 6.07) is 4.59. The zero-order valence-electron chi connectivity index (χ0n) is 11.7. The number of benzene rings is 1. The summed E-state index contributed by atoms with van der Waals surface area (Å²) in [5.41, 5.74) is 0.488. The molecule has 1 aliphatic heterocycles. The summed E-state index contributed by atoms with van der Waals surface area (Å²) in [7, 11) is -2.06. The largest absolute Gasteiger partial charge is 0.394 e. The van der Waals surface area contributed by atoms with Crippen molar-refractivity contribution in [3.63, 3.8) is 0 Å². The molecule has 6 nitrogen and oxygen atoms in total. The molecule has 110 valence electrons. The number of rotatable bonds is 4. The highest BCUT2D eigenvalue weighted by Gasteiger charge is 2.29. The summed E-state index contributed by atoms with van der Waals surface area (Å²) >= 11 is 0. The number of hydrogen-bond donors (Lipinski definition) is 2. The fourth-order valence-corrected chi connectivity index (χ4v) is 3.52. The van der Waals surface area contributed by atoms with Gasteiger partial charge >= 0.3 is 0 Å². The molecule has 1 aromatic carbocycles.